The molecule has 0 aliphatic carbocycles. The highest BCUT2D eigenvalue weighted by molar-refractivity contribution is 6.31. The summed E-state index contributed by atoms with van der Waals surface area (Å²) < 4.78 is 2.89. The molecule has 6 heteroatoms. The number of halogens is 1. The number of hydrogen-bond acceptors (Lipinski definition) is 2. The van der Waals surface area contributed by atoms with Gasteiger partial charge in [-0.2, -0.15) is 5.10 Å². The van der Waals surface area contributed by atoms with E-state index in [-0.39, 0.29) is 5.69 Å². The molecule has 0 spiro atoms. The zero-order valence-electron chi connectivity index (χ0n) is 6.86. The lowest BCUT2D eigenvalue weighted by Crippen LogP contribution is -2.13. The number of nitrogens with zero attached hydrogens (tertiary/aromatic N) is 3. The van der Waals surface area contributed by atoms with Gasteiger partial charge in [0.15, 0.2) is 5.15 Å². The molecule has 0 aliphatic rings. The summed E-state index contributed by atoms with van der Waals surface area (Å²) in [6.45, 7) is 0. The lowest BCUT2D eigenvalue weighted by atomic mass is 10.5. The Labute approximate surface area is 78.6 Å². The van der Waals surface area contributed by atoms with Crippen molar-refractivity contribution < 1.29 is 0 Å². The number of rotatable bonds is 1. The van der Waals surface area contributed by atoms with Crippen molar-refractivity contribution in [1.82, 2.24) is 19.3 Å². The molecule has 0 aliphatic heterocycles. The SMILES string of the molecule is Cn1ncc(-n2cc[nH]c2=O)c1Cl. The number of H-pyrrole nitrogens is 1. The standard InChI is InChI=1S/C7H7ClN4O/c1-11-6(8)5(4-10-11)12-3-2-9-7(12)13/h2-4H,1H3,(H,9,13). The third-order valence-corrected chi connectivity index (χ3v) is 2.20. The van der Waals surface area contributed by atoms with Crippen LogP contribution in [-0.2, 0) is 7.05 Å². The Morgan fingerprint density at radius 2 is 2.38 bits per heavy atom. The highest BCUT2D eigenvalue weighted by atomic mass is 35.5. The second kappa shape index (κ2) is 2.77. The monoisotopic (exact) mass is 198 g/mol. The van der Waals surface area contributed by atoms with Crippen molar-refractivity contribution in [2.75, 3.05) is 0 Å². The molecule has 0 bridgehead atoms. The second-order valence-electron chi connectivity index (χ2n) is 2.58. The highest BCUT2D eigenvalue weighted by Gasteiger charge is 2.08. The van der Waals surface area contributed by atoms with E-state index < -0.39 is 0 Å². The molecule has 68 valence electrons. The average Bonchev–Trinajstić information content (AvgIpc) is 2.62. The maximum Gasteiger partial charge on any atom is 0.330 e. The molecule has 0 radical (unpaired) electrons. The summed E-state index contributed by atoms with van der Waals surface area (Å²) in [4.78, 5) is 13.7. The quantitative estimate of drug-likeness (QED) is 0.728. The molecule has 2 aromatic heterocycles. The zero-order valence-corrected chi connectivity index (χ0v) is 7.62. The molecule has 0 saturated carbocycles. The van der Waals surface area contributed by atoms with Crippen molar-refractivity contribution in [1.29, 1.82) is 0 Å². The molecule has 0 fully saturated rings. The van der Waals surface area contributed by atoms with Crippen LogP contribution in [0, 0.1) is 0 Å². The third-order valence-electron chi connectivity index (χ3n) is 1.76. The predicted molar refractivity (Wildman–Crippen MR) is 48.2 cm³/mol. The van der Waals surface area contributed by atoms with Crippen molar-refractivity contribution in [3.05, 3.63) is 34.2 Å². The summed E-state index contributed by atoms with van der Waals surface area (Å²) in [5, 5.41) is 4.36. The van der Waals surface area contributed by atoms with Gasteiger partial charge in [0.25, 0.3) is 0 Å². The number of aromatic amines is 1. The topological polar surface area (TPSA) is 55.6 Å². The number of hydrogen-bond donors (Lipinski definition) is 1. The fraction of sp³-hybridized carbons (Fsp3) is 0.143. The van der Waals surface area contributed by atoms with Crippen LogP contribution < -0.4 is 5.69 Å². The lowest BCUT2D eigenvalue weighted by molar-refractivity contribution is 0.768. The van der Waals surface area contributed by atoms with Gasteiger partial charge in [0.05, 0.1) is 6.20 Å². The van der Waals surface area contributed by atoms with Crippen molar-refractivity contribution >= 4 is 11.6 Å². The molecule has 2 heterocycles. The van der Waals surface area contributed by atoms with Crippen LogP contribution in [0.1, 0.15) is 0 Å². The summed E-state index contributed by atoms with van der Waals surface area (Å²) in [5.41, 5.74) is 0.352. The van der Waals surface area contributed by atoms with E-state index in [4.69, 9.17) is 11.6 Å². The Morgan fingerprint density at radius 3 is 2.85 bits per heavy atom. The Hall–Kier alpha value is -1.49. The minimum Gasteiger partial charge on any atom is -0.312 e. The number of aromatic nitrogens is 4. The van der Waals surface area contributed by atoms with Crippen LogP contribution in [0.5, 0.6) is 0 Å². The second-order valence-corrected chi connectivity index (χ2v) is 2.94. The van der Waals surface area contributed by atoms with Crippen LogP contribution in [0.25, 0.3) is 5.69 Å². The first-order valence-corrected chi connectivity index (χ1v) is 4.02. The van der Waals surface area contributed by atoms with E-state index >= 15 is 0 Å². The summed E-state index contributed by atoms with van der Waals surface area (Å²) in [6.07, 6.45) is 4.69. The van der Waals surface area contributed by atoms with Gasteiger partial charge in [-0.1, -0.05) is 11.6 Å². The molecule has 0 unspecified atom stereocenters. The van der Waals surface area contributed by atoms with Gasteiger partial charge in [0.1, 0.15) is 5.69 Å². The van der Waals surface area contributed by atoms with Crippen molar-refractivity contribution in [2.45, 2.75) is 0 Å². The van der Waals surface area contributed by atoms with E-state index in [0.29, 0.717) is 10.8 Å². The Balaban J connectivity index is 2.66. The van der Waals surface area contributed by atoms with Crippen molar-refractivity contribution in [3.63, 3.8) is 0 Å². The zero-order chi connectivity index (χ0) is 9.42. The summed E-state index contributed by atoms with van der Waals surface area (Å²) in [5.74, 6) is 0. The van der Waals surface area contributed by atoms with Crippen LogP contribution in [-0.4, -0.2) is 19.3 Å². The number of aryl methyl sites for hydroxylation is 1. The number of nitrogens with one attached hydrogen (secondary N) is 1. The normalized spacial score (nSPS) is 10.6. The van der Waals surface area contributed by atoms with E-state index in [0.717, 1.165) is 0 Å². The van der Waals surface area contributed by atoms with E-state index in [1.807, 2.05) is 0 Å². The Morgan fingerprint density at radius 1 is 1.62 bits per heavy atom. The maximum absolute atomic E-state index is 11.2. The van der Waals surface area contributed by atoms with Gasteiger partial charge in [-0.25, -0.2) is 4.79 Å². The van der Waals surface area contributed by atoms with Gasteiger partial charge in [-0.3, -0.25) is 9.25 Å². The van der Waals surface area contributed by atoms with Gasteiger partial charge in [0, 0.05) is 19.4 Å². The fourth-order valence-electron chi connectivity index (χ4n) is 1.08. The molecule has 0 saturated heterocycles. The largest absolute Gasteiger partial charge is 0.330 e. The smallest absolute Gasteiger partial charge is 0.312 e. The lowest BCUT2D eigenvalue weighted by Gasteiger charge is -1.96. The Bertz CT molecular complexity index is 481. The van der Waals surface area contributed by atoms with E-state index in [1.165, 1.54) is 15.4 Å². The molecule has 0 aromatic carbocycles. The van der Waals surface area contributed by atoms with Gasteiger partial charge in [0.2, 0.25) is 0 Å². The highest BCUT2D eigenvalue weighted by Crippen LogP contribution is 2.16. The fourth-order valence-corrected chi connectivity index (χ4v) is 1.27. The first-order chi connectivity index (χ1) is 6.20. The maximum atomic E-state index is 11.2. The average molecular weight is 199 g/mol. The van der Waals surface area contributed by atoms with Gasteiger partial charge in [-0.15, -0.1) is 0 Å². The van der Waals surface area contributed by atoms with E-state index in [9.17, 15) is 4.79 Å². The molecule has 0 atom stereocenters. The van der Waals surface area contributed by atoms with Crippen LogP contribution >= 0.6 is 11.6 Å². The van der Waals surface area contributed by atoms with Gasteiger partial charge < -0.3 is 4.98 Å². The number of imidazole rings is 1. The molecule has 5 nitrogen and oxygen atoms in total. The molecular weight excluding hydrogens is 192 g/mol. The van der Waals surface area contributed by atoms with Crippen LogP contribution in [0.3, 0.4) is 0 Å². The van der Waals surface area contributed by atoms with E-state index in [1.54, 1.807) is 19.4 Å². The first-order valence-electron chi connectivity index (χ1n) is 3.64. The minimum absolute atomic E-state index is 0.227. The van der Waals surface area contributed by atoms with Crippen LogP contribution in [0.4, 0.5) is 0 Å². The van der Waals surface area contributed by atoms with Gasteiger partial charge in [-0.05, 0) is 0 Å². The van der Waals surface area contributed by atoms with Crippen LogP contribution in [0.15, 0.2) is 23.4 Å². The minimum atomic E-state index is -0.227. The molecule has 0 amide bonds. The summed E-state index contributed by atoms with van der Waals surface area (Å²) >= 11 is 5.90. The molecule has 2 aromatic rings. The van der Waals surface area contributed by atoms with Gasteiger partial charge >= 0.3 is 5.69 Å². The van der Waals surface area contributed by atoms with E-state index in [2.05, 4.69) is 10.1 Å². The molecule has 2 rings (SSSR count). The predicted octanol–water partition coefficient (Wildman–Crippen LogP) is 0.552. The molecule has 1 N–H and O–H groups in total. The van der Waals surface area contributed by atoms with Crippen LogP contribution in [0.2, 0.25) is 5.15 Å². The summed E-state index contributed by atoms with van der Waals surface area (Å²) in [6, 6.07) is 0. The van der Waals surface area contributed by atoms with Crippen molar-refractivity contribution in [2.24, 2.45) is 7.05 Å². The third kappa shape index (κ3) is 1.17. The van der Waals surface area contributed by atoms with Crippen molar-refractivity contribution in [3.8, 4) is 5.69 Å². The summed E-state index contributed by atoms with van der Waals surface area (Å²) in [7, 11) is 1.71. The Kier molecular flexibility index (Phi) is 1.73. The molecule has 13 heavy (non-hydrogen) atoms. The first kappa shape index (κ1) is 8.12. The molecular formula is C7H7ClN4O.